The largest absolute Gasteiger partial charge is 0.413 e. The molecule has 0 radical (unpaired) electrons. The molecule has 2 N–H and O–H groups in total. The number of amides is 2. The summed E-state index contributed by atoms with van der Waals surface area (Å²) < 4.78 is 66.8. The number of nitrogens with zero attached hydrogens (tertiary/aromatic N) is 3. The summed E-state index contributed by atoms with van der Waals surface area (Å²) in [4.78, 5) is 31.6. The van der Waals surface area contributed by atoms with E-state index in [2.05, 4.69) is 10.3 Å². The Hall–Kier alpha value is -3.16. The molecule has 1 aliphatic rings. The SMILES string of the molecule is CS(=O)(=O)N[C@@H](C(=O)N[C@@H]1CN(C(=O)c2cccn3cncc23)CC[C@H]1c1cccc(Cl)c1)C(F)(F)F. The normalized spacial score (nSPS) is 19.5. The van der Waals surface area contributed by atoms with Gasteiger partial charge in [0.15, 0.2) is 6.04 Å². The van der Waals surface area contributed by atoms with Gasteiger partial charge < -0.3 is 14.6 Å². The zero-order valence-electron chi connectivity index (χ0n) is 19.4. The number of sulfonamides is 1. The third-order valence-corrected chi connectivity index (χ3v) is 7.01. The van der Waals surface area contributed by atoms with Gasteiger partial charge in [-0.05, 0) is 36.2 Å². The van der Waals surface area contributed by atoms with Crippen molar-refractivity contribution in [2.45, 2.75) is 30.6 Å². The molecule has 1 saturated heterocycles. The number of hydrogen-bond donors (Lipinski definition) is 2. The molecule has 0 saturated carbocycles. The van der Waals surface area contributed by atoms with Gasteiger partial charge in [-0.3, -0.25) is 9.59 Å². The minimum absolute atomic E-state index is 0.111. The van der Waals surface area contributed by atoms with Gasteiger partial charge in [-0.25, -0.2) is 13.4 Å². The highest BCUT2D eigenvalue weighted by Crippen LogP contribution is 2.32. The summed E-state index contributed by atoms with van der Waals surface area (Å²) >= 11 is 6.12. The summed E-state index contributed by atoms with van der Waals surface area (Å²) in [5.41, 5.74) is 1.57. The number of nitrogens with one attached hydrogen (secondary N) is 2. The first-order chi connectivity index (χ1) is 17.3. The second-order valence-corrected chi connectivity index (χ2v) is 11.0. The number of likely N-dealkylation sites (tertiary alicyclic amines) is 1. The number of aromatic nitrogens is 2. The average molecular weight is 558 g/mol. The molecule has 0 bridgehead atoms. The minimum Gasteiger partial charge on any atom is -0.349 e. The lowest BCUT2D eigenvalue weighted by Crippen LogP contribution is -2.60. The second kappa shape index (κ2) is 10.3. The lowest BCUT2D eigenvalue weighted by atomic mass is 9.84. The van der Waals surface area contributed by atoms with Crippen LogP contribution in [0.4, 0.5) is 13.2 Å². The quantitative estimate of drug-likeness (QED) is 0.484. The highest BCUT2D eigenvalue weighted by Gasteiger charge is 2.48. The molecule has 0 unspecified atom stereocenters. The maximum Gasteiger partial charge on any atom is 0.413 e. The van der Waals surface area contributed by atoms with E-state index in [9.17, 15) is 31.2 Å². The third kappa shape index (κ3) is 6.22. The predicted molar refractivity (Wildman–Crippen MR) is 130 cm³/mol. The van der Waals surface area contributed by atoms with Crippen molar-refractivity contribution >= 4 is 39.0 Å². The first-order valence-electron chi connectivity index (χ1n) is 11.1. The number of rotatable bonds is 6. The molecule has 0 spiro atoms. The fourth-order valence-electron chi connectivity index (χ4n) is 4.47. The molecule has 2 aromatic heterocycles. The maximum absolute atomic E-state index is 13.6. The third-order valence-electron chi connectivity index (χ3n) is 6.11. The number of carbonyl (C=O) groups is 2. The van der Waals surface area contributed by atoms with E-state index in [4.69, 9.17) is 11.6 Å². The van der Waals surface area contributed by atoms with Gasteiger partial charge in [0.2, 0.25) is 15.9 Å². The van der Waals surface area contributed by atoms with Gasteiger partial charge in [-0.1, -0.05) is 23.7 Å². The van der Waals surface area contributed by atoms with Gasteiger partial charge in [0.25, 0.3) is 5.91 Å². The van der Waals surface area contributed by atoms with Crippen molar-refractivity contribution in [3.63, 3.8) is 0 Å². The zero-order chi connectivity index (χ0) is 27.0. The minimum atomic E-state index is -5.18. The summed E-state index contributed by atoms with van der Waals surface area (Å²) in [7, 11) is -4.36. The zero-order valence-corrected chi connectivity index (χ0v) is 21.0. The van der Waals surface area contributed by atoms with Crippen LogP contribution in [0.15, 0.2) is 55.1 Å². The Morgan fingerprint density at radius 3 is 2.65 bits per heavy atom. The number of hydrogen-bond acceptors (Lipinski definition) is 5. The number of fused-ring (bicyclic) bond motifs is 1. The van der Waals surface area contributed by atoms with E-state index < -0.39 is 40.1 Å². The van der Waals surface area contributed by atoms with Crippen molar-refractivity contribution < 1.29 is 31.2 Å². The van der Waals surface area contributed by atoms with Crippen LogP contribution in [0.2, 0.25) is 5.02 Å². The van der Waals surface area contributed by atoms with E-state index in [0.29, 0.717) is 34.3 Å². The molecule has 1 aliphatic heterocycles. The van der Waals surface area contributed by atoms with Crippen molar-refractivity contribution in [3.05, 3.63) is 71.3 Å². The monoisotopic (exact) mass is 557 g/mol. The van der Waals surface area contributed by atoms with Crippen molar-refractivity contribution in [1.82, 2.24) is 24.3 Å². The van der Waals surface area contributed by atoms with E-state index in [1.54, 1.807) is 47.0 Å². The molecule has 2 amide bonds. The summed E-state index contributed by atoms with van der Waals surface area (Å²) in [6.07, 6.45) is 0.449. The van der Waals surface area contributed by atoms with Crippen LogP contribution in [-0.2, 0) is 14.8 Å². The lowest BCUT2D eigenvalue weighted by Gasteiger charge is -2.40. The molecule has 4 rings (SSSR count). The Labute approximate surface area is 215 Å². The number of alkyl halides is 3. The fourth-order valence-corrected chi connectivity index (χ4v) is 5.34. The second-order valence-electron chi connectivity index (χ2n) is 8.79. The Morgan fingerprint density at radius 2 is 1.97 bits per heavy atom. The van der Waals surface area contributed by atoms with Crippen LogP contribution in [0.3, 0.4) is 0 Å². The van der Waals surface area contributed by atoms with Crippen LogP contribution >= 0.6 is 11.6 Å². The average Bonchev–Trinajstić information content (AvgIpc) is 3.30. The number of benzene rings is 1. The van der Waals surface area contributed by atoms with Crippen molar-refractivity contribution in [1.29, 1.82) is 0 Å². The van der Waals surface area contributed by atoms with Gasteiger partial charge in [0.1, 0.15) is 0 Å². The highest BCUT2D eigenvalue weighted by molar-refractivity contribution is 7.88. The number of halogens is 4. The molecule has 3 heterocycles. The van der Waals surface area contributed by atoms with Crippen LogP contribution in [0.5, 0.6) is 0 Å². The molecule has 9 nitrogen and oxygen atoms in total. The molecular formula is C23H23ClF3N5O4S. The van der Waals surface area contributed by atoms with E-state index in [1.807, 2.05) is 0 Å². The highest BCUT2D eigenvalue weighted by atomic mass is 35.5. The van der Waals surface area contributed by atoms with Crippen LogP contribution in [0.1, 0.15) is 28.3 Å². The van der Waals surface area contributed by atoms with Crippen LogP contribution < -0.4 is 10.0 Å². The lowest BCUT2D eigenvalue weighted by molar-refractivity contribution is -0.166. The first kappa shape index (κ1) is 26.9. The molecule has 1 aromatic carbocycles. The molecule has 3 aromatic rings. The van der Waals surface area contributed by atoms with Crippen molar-refractivity contribution in [2.75, 3.05) is 19.3 Å². The van der Waals surface area contributed by atoms with Gasteiger partial charge in [-0.2, -0.15) is 17.9 Å². The van der Waals surface area contributed by atoms with Gasteiger partial charge in [0.05, 0.1) is 35.9 Å². The predicted octanol–water partition coefficient (Wildman–Crippen LogP) is 2.58. The van der Waals surface area contributed by atoms with E-state index >= 15 is 0 Å². The van der Waals surface area contributed by atoms with Crippen molar-refractivity contribution in [3.8, 4) is 0 Å². The fraction of sp³-hybridized carbons (Fsp3) is 0.348. The number of carbonyl (C=O) groups excluding carboxylic acids is 2. The van der Waals surface area contributed by atoms with Gasteiger partial charge >= 0.3 is 6.18 Å². The Balaban J connectivity index is 1.64. The number of piperidine rings is 1. The number of imidazole rings is 1. The van der Waals surface area contributed by atoms with Crippen LogP contribution in [0.25, 0.3) is 5.52 Å². The Kier molecular flexibility index (Phi) is 7.49. The molecule has 1 fully saturated rings. The van der Waals surface area contributed by atoms with Gasteiger partial charge in [0, 0.05) is 30.2 Å². The van der Waals surface area contributed by atoms with E-state index in [0.717, 1.165) is 0 Å². The van der Waals surface area contributed by atoms with Crippen LogP contribution in [-0.4, -0.2) is 72.1 Å². The smallest absolute Gasteiger partial charge is 0.349 e. The molecular weight excluding hydrogens is 535 g/mol. The van der Waals surface area contributed by atoms with E-state index in [-0.39, 0.29) is 19.0 Å². The Bertz CT molecular complexity index is 1430. The van der Waals surface area contributed by atoms with Gasteiger partial charge in [-0.15, -0.1) is 0 Å². The van der Waals surface area contributed by atoms with Crippen molar-refractivity contribution in [2.24, 2.45) is 0 Å². The maximum atomic E-state index is 13.6. The molecule has 37 heavy (non-hydrogen) atoms. The summed E-state index contributed by atoms with van der Waals surface area (Å²) in [5.74, 6) is -2.43. The molecule has 198 valence electrons. The van der Waals surface area contributed by atoms with Crippen LogP contribution in [0, 0.1) is 0 Å². The van der Waals surface area contributed by atoms with E-state index in [1.165, 1.54) is 22.1 Å². The summed E-state index contributed by atoms with van der Waals surface area (Å²) in [6.45, 7) is 0.155. The molecule has 3 atom stereocenters. The first-order valence-corrected chi connectivity index (χ1v) is 13.4. The topological polar surface area (TPSA) is 113 Å². The number of pyridine rings is 1. The molecule has 14 heteroatoms. The Morgan fingerprint density at radius 1 is 1.22 bits per heavy atom. The summed E-state index contributed by atoms with van der Waals surface area (Å²) in [6, 6.07) is 6.03. The standard InChI is InChI=1S/C23H23ClF3N5O4S/c1-37(35,36)30-20(23(25,26)27)21(33)29-18-12-31(9-7-16(18)14-4-2-5-15(24)10-14)22(34)17-6-3-8-32-13-28-11-19(17)32/h2-6,8,10-11,13,16,18,20,30H,7,9,12H2,1H3,(H,29,33)/t16-,18+,20-/m0/s1. The molecule has 0 aliphatic carbocycles. The summed E-state index contributed by atoms with van der Waals surface area (Å²) in [5, 5.41) is 2.75.